The number of aromatic nitrogens is 2. The Morgan fingerprint density at radius 3 is 2.11 bits per heavy atom. The Bertz CT molecular complexity index is 924. The van der Waals surface area contributed by atoms with Gasteiger partial charge in [0.15, 0.2) is 5.82 Å². The Morgan fingerprint density at radius 1 is 0.929 bits per heavy atom. The van der Waals surface area contributed by atoms with Crippen molar-refractivity contribution >= 4 is 29.1 Å². The second-order valence-electron chi connectivity index (χ2n) is 5.78. The molecule has 2 aromatic carbocycles. The highest BCUT2D eigenvalue weighted by molar-refractivity contribution is 6.30. The lowest BCUT2D eigenvalue weighted by Gasteiger charge is -2.12. The molecular formula is C20H19ClN4O3. The molecule has 0 aliphatic rings. The number of ether oxygens (including phenoxy) is 2. The summed E-state index contributed by atoms with van der Waals surface area (Å²) in [5, 5.41) is 14.7. The van der Waals surface area contributed by atoms with Crippen LogP contribution in [0.25, 0.3) is 0 Å². The molecule has 1 heterocycles. The van der Waals surface area contributed by atoms with Crippen molar-refractivity contribution in [1.29, 1.82) is 0 Å². The van der Waals surface area contributed by atoms with Crippen LogP contribution in [0.5, 0.6) is 11.5 Å². The van der Waals surface area contributed by atoms with Gasteiger partial charge in [0.2, 0.25) is 0 Å². The molecule has 1 amide bonds. The number of methoxy groups -OCH3 is 2. The van der Waals surface area contributed by atoms with Crippen molar-refractivity contribution in [2.45, 2.75) is 6.54 Å². The molecular weight excluding hydrogens is 380 g/mol. The van der Waals surface area contributed by atoms with Gasteiger partial charge in [0, 0.05) is 11.6 Å². The molecule has 0 saturated carbocycles. The van der Waals surface area contributed by atoms with Crippen LogP contribution in [0.4, 0.5) is 11.6 Å². The first-order valence-corrected chi connectivity index (χ1v) is 8.83. The van der Waals surface area contributed by atoms with E-state index >= 15 is 0 Å². The van der Waals surface area contributed by atoms with E-state index in [-0.39, 0.29) is 0 Å². The second-order valence-corrected chi connectivity index (χ2v) is 6.21. The summed E-state index contributed by atoms with van der Waals surface area (Å²) in [5.74, 6) is 1.32. The van der Waals surface area contributed by atoms with Crippen molar-refractivity contribution in [3.8, 4) is 11.5 Å². The molecule has 1 aromatic heterocycles. The summed E-state index contributed by atoms with van der Waals surface area (Å²) < 4.78 is 10.5. The number of amides is 1. The fraction of sp³-hybridized carbons (Fsp3) is 0.150. The van der Waals surface area contributed by atoms with Gasteiger partial charge in [-0.05, 0) is 42.0 Å². The van der Waals surface area contributed by atoms with Crippen LogP contribution in [0.3, 0.4) is 0 Å². The largest absolute Gasteiger partial charge is 0.496 e. The fourth-order valence-corrected chi connectivity index (χ4v) is 2.67. The lowest BCUT2D eigenvalue weighted by atomic mass is 10.1. The first-order chi connectivity index (χ1) is 13.6. The number of carbonyl (C=O) groups excluding carboxylic acids is 1. The van der Waals surface area contributed by atoms with Crippen LogP contribution >= 0.6 is 11.6 Å². The van der Waals surface area contributed by atoms with E-state index in [1.54, 1.807) is 30.3 Å². The summed E-state index contributed by atoms with van der Waals surface area (Å²) in [7, 11) is 2.99. The van der Waals surface area contributed by atoms with Gasteiger partial charge in [0.05, 0.1) is 14.2 Å². The predicted molar refractivity (Wildman–Crippen MR) is 108 cm³/mol. The average Bonchev–Trinajstić information content (AvgIpc) is 2.73. The molecule has 2 N–H and O–H groups in total. The molecule has 0 atom stereocenters. The molecule has 0 fully saturated rings. The van der Waals surface area contributed by atoms with E-state index in [1.165, 1.54) is 14.2 Å². The zero-order chi connectivity index (χ0) is 19.9. The van der Waals surface area contributed by atoms with E-state index in [1.807, 2.05) is 24.3 Å². The Kier molecular flexibility index (Phi) is 6.29. The first kappa shape index (κ1) is 19.4. The van der Waals surface area contributed by atoms with Crippen molar-refractivity contribution < 1.29 is 14.3 Å². The van der Waals surface area contributed by atoms with Crippen molar-refractivity contribution in [1.82, 2.24) is 10.2 Å². The van der Waals surface area contributed by atoms with Gasteiger partial charge in [-0.25, -0.2) is 0 Å². The highest BCUT2D eigenvalue weighted by Gasteiger charge is 2.18. The molecule has 144 valence electrons. The third-order valence-corrected chi connectivity index (χ3v) is 4.20. The predicted octanol–water partition coefficient (Wildman–Crippen LogP) is 4.01. The normalized spacial score (nSPS) is 10.2. The smallest absolute Gasteiger partial charge is 0.264 e. The van der Waals surface area contributed by atoms with E-state index in [2.05, 4.69) is 20.8 Å². The number of nitrogens with zero attached hydrogens (tertiary/aromatic N) is 2. The molecule has 28 heavy (non-hydrogen) atoms. The summed E-state index contributed by atoms with van der Waals surface area (Å²) in [5.41, 5.74) is 1.35. The van der Waals surface area contributed by atoms with Gasteiger partial charge in [-0.3, -0.25) is 4.79 Å². The van der Waals surface area contributed by atoms with Crippen LogP contribution in [-0.2, 0) is 6.54 Å². The molecule has 0 aliphatic carbocycles. The van der Waals surface area contributed by atoms with Gasteiger partial charge in [-0.1, -0.05) is 29.8 Å². The zero-order valence-electron chi connectivity index (χ0n) is 15.4. The third-order valence-electron chi connectivity index (χ3n) is 3.95. The minimum absolute atomic E-state index is 0.291. The Balaban J connectivity index is 1.66. The number of hydrogen-bond acceptors (Lipinski definition) is 6. The zero-order valence-corrected chi connectivity index (χ0v) is 16.2. The lowest BCUT2D eigenvalue weighted by Crippen LogP contribution is -2.16. The fourth-order valence-electron chi connectivity index (χ4n) is 2.54. The minimum atomic E-state index is -0.398. The first-order valence-electron chi connectivity index (χ1n) is 8.45. The highest BCUT2D eigenvalue weighted by Crippen LogP contribution is 2.28. The number of halogens is 1. The van der Waals surface area contributed by atoms with Crippen LogP contribution in [0.2, 0.25) is 5.02 Å². The monoisotopic (exact) mass is 398 g/mol. The number of carbonyl (C=O) groups is 1. The molecule has 0 unspecified atom stereocenters. The Hall–Kier alpha value is -3.32. The third kappa shape index (κ3) is 4.69. The number of hydrogen-bond donors (Lipinski definition) is 2. The van der Waals surface area contributed by atoms with E-state index in [4.69, 9.17) is 21.1 Å². The maximum absolute atomic E-state index is 12.6. The number of rotatable bonds is 7. The van der Waals surface area contributed by atoms with Crippen LogP contribution in [0.15, 0.2) is 54.6 Å². The van der Waals surface area contributed by atoms with Gasteiger partial charge in [-0.2, -0.15) is 0 Å². The van der Waals surface area contributed by atoms with E-state index in [0.717, 1.165) is 5.56 Å². The van der Waals surface area contributed by atoms with E-state index in [9.17, 15) is 4.79 Å². The number of nitrogens with one attached hydrogen (secondary N) is 2. The summed E-state index contributed by atoms with van der Waals surface area (Å²) in [6.07, 6.45) is 0. The van der Waals surface area contributed by atoms with Crippen molar-refractivity contribution in [3.63, 3.8) is 0 Å². The summed E-state index contributed by atoms with van der Waals surface area (Å²) in [4.78, 5) is 12.6. The van der Waals surface area contributed by atoms with E-state index < -0.39 is 5.91 Å². The van der Waals surface area contributed by atoms with Crippen LogP contribution in [0, 0.1) is 0 Å². The number of benzene rings is 2. The molecule has 7 nitrogen and oxygen atoms in total. The molecule has 0 radical (unpaired) electrons. The van der Waals surface area contributed by atoms with Crippen molar-refractivity contribution in [3.05, 3.63) is 70.7 Å². The lowest BCUT2D eigenvalue weighted by molar-refractivity contribution is 0.102. The minimum Gasteiger partial charge on any atom is -0.496 e. The second kappa shape index (κ2) is 9.05. The van der Waals surface area contributed by atoms with Crippen LogP contribution < -0.4 is 20.1 Å². The quantitative estimate of drug-likeness (QED) is 0.625. The topological polar surface area (TPSA) is 85.4 Å². The summed E-state index contributed by atoms with van der Waals surface area (Å²) in [6.45, 7) is 0.579. The summed E-state index contributed by atoms with van der Waals surface area (Å²) in [6, 6.07) is 16.0. The molecule has 3 aromatic rings. The van der Waals surface area contributed by atoms with Gasteiger partial charge in [-0.15, -0.1) is 10.2 Å². The van der Waals surface area contributed by atoms with Crippen LogP contribution in [0.1, 0.15) is 15.9 Å². The van der Waals surface area contributed by atoms with Gasteiger partial charge in [0.25, 0.3) is 5.91 Å². The summed E-state index contributed by atoms with van der Waals surface area (Å²) >= 11 is 5.88. The van der Waals surface area contributed by atoms with Gasteiger partial charge >= 0.3 is 0 Å². The SMILES string of the molecule is COc1cccc(OC)c1C(=O)Nc1ccc(NCc2ccc(Cl)cc2)nn1. The van der Waals surface area contributed by atoms with Crippen molar-refractivity contribution in [2.75, 3.05) is 24.9 Å². The molecule has 0 saturated heterocycles. The molecule has 8 heteroatoms. The highest BCUT2D eigenvalue weighted by atomic mass is 35.5. The molecule has 3 rings (SSSR count). The van der Waals surface area contributed by atoms with Crippen molar-refractivity contribution in [2.24, 2.45) is 0 Å². The average molecular weight is 399 g/mol. The van der Waals surface area contributed by atoms with E-state index in [0.29, 0.717) is 40.3 Å². The van der Waals surface area contributed by atoms with Gasteiger partial charge < -0.3 is 20.1 Å². The molecule has 0 spiro atoms. The standard InChI is InChI=1S/C20H19ClN4O3/c1-27-15-4-3-5-16(28-2)19(15)20(26)23-18-11-10-17(24-25-18)22-12-13-6-8-14(21)9-7-13/h3-11H,12H2,1-2H3,(H,22,24)(H,23,25,26). The maximum atomic E-state index is 12.6. The molecule has 0 aliphatic heterocycles. The molecule has 0 bridgehead atoms. The Morgan fingerprint density at radius 2 is 1.54 bits per heavy atom. The Labute approximate surface area is 167 Å². The van der Waals surface area contributed by atoms with Crippen LogP contribution in [-0.4, -0.2) is 30.3 Å². The number of anilines is 2. The maximum Gasteiger partial charge on any atom is 0.264 e. The van der Waals surface area contributed by atoms with Gasteiger partial charge in [0.1, 0.15) is 22.9 Å².